The molecule has 0 saturated carbocycles. The lowest BCUT2D eigenvalue weighted by atomic mass is 9.95. The molecule has 21 heavy (non-hydrogen) atoms. The van der Waals surface area contributed by atoms with Gasteiger partial charge in [-0.3, -0.25) is 11.3 Å². The number of hydrazine groups is 1. The van der Waals surface area contributed by atoms with Gasteiger partial charge >= 0.3 is 0 Å². The maximum absolute atomic E-state index is 5.80. The minimum Gasteiger partial charge on any atom is -0.271 e. The first-order valence-electron chi connectivity index (χ1n) is 7.21. The van der Waals surface area contributed by atoms with Crippen LogP contribution in [0.2, 0.25) is 0 Å². The van der Waals surface area contributed by atoms with Crippen LogP contribution in [0.1, 0.15) is 39.4 Å². The molecule has 0 heterocycles. The van der Waals surface area contributed by atoms with Gasteiger partial charge in [0.05, 0.1) is 0 Å². The fourth-order valence-electron chi connectivity index (χ4n) is 2.62. The molecule has 2 aromatic rings. The number of nitrogens with one attached hydrogen (secondary N) is 1. The Morgan fingerprint density at radius 1 is 0.952 bits per heavy atom. The van der Waals surface area contributed by atoms with Crippen LogP contribution in [0.15, 0.2) is 34.8 Å². The van der Waals surface area contributed by atoms with Gasteiger partial charge in [0.2, 0.25) is 0 Å². The first-order valence-corrected chi connectivity index (χ1v) is 8.00. The second kappa shape index (κ2) is 6.73. The number of nitrogens with two attached hydrogens (primary N) is 1. The smallest absolute Gasteiger partial charge is 0.0500 e. The molecule has 0 aliphatic rings. The molecule has 0 aliphatic carbocycles. The van der Waals surface area contributed by atoms with Crippen molar-refractivity contribution in [1.82, 2.24) is 5.43 Å². The van der Waals surface area contributed by atoms with E-state index in [4.69, 9.17) is 5.84 Å². The van der Waals surface area contributed by atoms with Crippen molar-refractivity contribution in [2.75, 3.05) is 0 Å². The van der Waals surface area contributed by atoms with Crippen molar-refractivity contribution in [1.29, 1.82) is 0 Å². The molecule has 3 N–H and O–H groups in total. The Hall–Kier alpha value is -1.16. The Kier molecular flexibility index (Phi) is 5.20. The molecule has 0 aliphatic heterocycles. The van der Waals surface area contributed by atoms with E-state index >= 15 is 0 Å². The molecule has 2 nitrogen and oxygen atoms in total. The molecular weight excluding hydrogens is 324 g/mol. The molecule has 0 spiro atoms. The van der Waals surface area contributed by atoms with E-state index in [0.29, 0.717) is 0 Å². The molecule has 112 valence electrons. The van der Waals surface area contributed by atoms with Crippen molar-refractivity contribution in [2.45, 2.75) is 40.2 Å². The lowest BCUT2D eigenvalue weighted by Crippen LogP contribution is -2.29. The second-order valence-corrected chi connectivity index (χ2v) is 6.60. The summed E-state index contributed by atoms with van der Waals surface area (Å²) in [6.07, 6.45) is 0.887. The SMILES string of the molecule is Cc1ccc(CC(NN)c2cc(C)c(Br)c(C)c2)cc1C. The third kappa shape index (κ3) is 3.73. The lowest BCUT2D eigenvalue weighted by Gasteiger charge is -2.19. The fourth-order valence-corrected chi connectivity index (χ4v) is 2.85. The van der Waals surface area contributed by atoms with Crippen molar-refractivity contribution >= 4 is 15.9 Å². The standard InChI is InChI=1S/C18H23BrN2/c1-11-5-6-15(7-12(11)2)10-17(21-20)16-8-13(3)18(19)14(4)9-16/h5-9,17,21H,10,20H2,1-4H3. The van der Waals surface area contributed by atoms with Gasteiger partial charge in [-0.05, 0) is 67.5 Å². The summed E-state index contributed by atoms with van der Waals surface area (Å²) in [5.74, 6) is 5.80. The third-order valence-electron chi connectivity index (χ3n) is 4.07. The highest BCUT2D eigenvalue weighted by molar-refractivity contribution is 9.10. The van der Waals surface area contributed by atoms with Crippen LogP contribution in [0.5, 0.6) is 0 Å². The summed E-state index contributed by atoms with van der Waals surface area (Å²) in [5.41, 5.74) is 10.6. The van der Waals surface area contributed by atoms with Crippen LogP contribution in [0, 0.1) is 27.7 Å². The van der Waals surface area contributed by atoms with Gasteiger partial charge < -0.3 is 0 Å². The van der Waals surface area contributed by atoms with Crippen LogP contribution < -0.4 is 11.3 Å². The van der Waals surface area contributed by atoms with Gasteiger partial charge in [-0.2, -0.15) is 0 Å². The van der Waals surface area contributed by atoms with E-state index in [9.17, 15) is 0 Å². The van der Waals surface area contributed by atoms with Crippen molar-refractivity contribution in [3.8, 4) is 0 Å². The van der Waals surface area contributed by atoms with Gasteiger partial charge in [-0.15, -0.1) is 0 Å². The Balaban J connectivity index is 2.29. The summed E-state index contributed by atoms with van der Waals surface area (Å²) in [4.78, 5) is 0. The Morgan fingerprint density at radius 3 is 2.10 bits per heavy atom. The van der Waals surface area contributed by atoms with E-state index in [-0.39, 0.29) is 6.04 Å². The summed E-state index contributed by atoms with van der Waals surface area (Å²) in [7, 11) is 0. The normalized spacial score (nSPS) is 12.5. The molecule has 0 amide bonds. The third-order valence-corrected chi connectivity index (χ3v) is 5.32. The topological polar surface area (TPSA) is 38.0 Å². The van der Waals surface area contributed by atoms with Gasteiger partial charge in [0.15, 0.2) is 0 Å². The molecule has 0 saturated heterocycles. The van der Waals surface area contributed by atoms with E-state index in [1.165, 1.54) is 37.9 Å². The molecule has 1 atom stereocenters. The summed E-state index contributed by atoms with van der Waals surface area (Å²) in [6.45, 7) is 8.52. The predicted molar refractivity (Wildman–Crippen MR) is 93.3 cm³/mol. The van der Waals surface area contributed by atoms with Crippen molar-refractivity contribution < 1.29 is 0 Å². The van der Waals surface area contributed by atoms with Gasteiger partial charge in [0.25, 0.3) is 0 Å². The number of benzene rings is 2. The Labute approximate surface area is 135 Å². The summed E-state index contributed by atoms with van der Waals surface area (Å²) in [6, 6.07) is 11.1. The van der Waals surface area contributed by atoms with E-state index in [1.54, 1.807) is 0 Å². The Bertz CT molecular complexity index is 627. The molecule has 1 unspecified atom stereocenters. The van der Waals surface area contributed by atoms with E-state index < -0.39 is 0 Å². The molecule has 0 radical (unpaired) electrons. The van der Waals surface area contributed by atoms with Gasteiger partial charge in [-0.1, -0.05) is 46.3 Å². The molecule has 3 heteroatoms. The number of hydrogen-bond acceptors (Lipinski definition) is 2. The van der Waals surface area contributed by atoms with Crippen molar-refractivity contribution in [3.05, 3.63) is 68.2 Å². The maximum atomic E-state index is 5.80. The minimum atomic E-state index is 0.123. The van der Waals surface area contributed by atoms with Crippen molar-refractivity contribution in [2.24, 2.45) is 5.84 Å². The second-order valence-electron chi connectivity index (χ2n) is 5.81. The predicted octanol–water partition coefficient (Wildman–Crippen LogP) is 4.43. The summed E-state index contributed by atoms with van der Waals surface area (Å²) < 4.78 is 1.17. The van der Waals surface area contributed by atoms with E-state index in [1.807, 2.05) is 0 Å². The monoisotopic (exact) mass is 346 g/mol. The molecule has 0 bridgehead atoms. The quantitative estimate of drug-likeness (QED) is 0.634. The van der Waals surface area contributed by atoms with Crippen molar-refractivity contribution in [3.63, 3.8) is 0 Å². The molecule has 0 aromatic heterocycles. The molecule has 2 rings (SSSR count). The van der Waals surface area contributed by atoms with Crippen LogP contribution >= 0.6 is 15.9 Å². The number of rotatable bonds is 4. The molecule has 0 fully saturated rings. The zero-order valence-corrected chi connectivity index (χ0v) is 14.7. The average Bonchev–Trinajstić information content (AvgIpc) is 2.45. The highest BCUT2D eigenvalue weighted by atomic mass is 79.9. The highest BCUT2D eigenvalue weighted by Crippen LogP contribution is 2.27. The summed E-state index contributed by atoms with van der Waals surface area (Å²) in [5, 5.41) is 0. The zero-order valence-electron chi connectivity index (χ0n) is 13.1. The number of hydrogen-bond donors (Lipinski definition) is 2. The number of halogens is 1. The summed E-state index contributed by atoms with van der Waals surface area (Å²) >= 11 is 3.62. The largest absolute Gasteiger partial charge is 0.271 e. The van der Waals surface area contributed by atoms with Crippen LogP contribution in [0.25, 0.3) is 0 Å². The fraction of sp³-hybridized carbons (Fsp3) is 0.333. The van der Waals surface area contributed by atoms with Gasteiger partial charge in [0, 0.05) is 10.5 Å². The zero-order chi connectivity index (χ0) is 15.6. The lowest BCUT2D eigenvalue weighted by molar-refractivity contribution is 0.551. The highest BCUT2D eigenvalue weighted by Gasteiger charge is 2.13. The Morgan fingerprint density at radius 2 is 1.57 bits per heavy atom. The van der Waals surface area contributed by atoms with Crippen LogP contribution in [-0.4, -0.2) is 0 Å². The van der Waals surface area contributed by atoms with Crippen LogP contribution in [0.4, 0.5) is 0 Å². The van der Waals surface area contributed by atoms with E-state index in [0.717, 1.165) is 6.42 Å². The number of aryl methyl sites for hydroxylation is 4. The van der Waals surface area contributed by atoms with Gasteiger partial charge in [-0.25, -0.2) is 0 Å². The van der Waals surface area contributed by atoms with Crippen LogP contribution in [-0.2, 0) is 6.42 Å². The first-order chi connectivity index (χ1) is 9.92. The first kappa shape index (κ1) is 16.2. The van der Waals surface area contributed by atoms with Gasteiger partial charge in [0.1, 0.15) is 0 Å². The minimum absolute atomic E-state index is 0.123. The molecular formula is C18H23BrN2. The molecule has 2 aromatic carbocycles. The average molecular weight is 347 g/mol. The van der Waals surface area contributed by atoms with Crippen LogP contribution in [0.3, 0.4) is 0 Å². The van der Waals surface area contributed by atoms with E-state index in [2.05, 4.69) is 79.4 Å². The maximum Gasteiger partial charge on any atom is 0.0500 e.